The highest BCUT2D eigenvalue weighted by Gasteiger charge is 2.07. The van der Waals surface area contributed by atoms with Crippen LogP contribution in [0.5, 0.6) is 0 Å². The van der Waals surface area contributed by atoms with Gasteiger partial charge in [-0.2, -0.15) is 10.5 Å². The molecule has 0 fully saturated rings. The second-order valence-electron chi connectivity index (χ2n) is 4.13. The molecule has 0 atom stereocenters. The lowest BCUT2D eigenvalue weighted by Crippen LogP contribution is -1.97. The van der Waals surface area contributed by atoms with Gasteiger partial charge in [-0.3, -0.25) is 0 Å². The molecule has 0 aliphatic rings. The molecule has 0 unspecified atom stereocenters. The van der Waals surface area contributed by atoms with Crippen LogP contribution in [0.3, 0.4) is 0 Å². The van der Waals surface area contributed by atoms with Crippen LogP contribution >= 0.6 is 0 Å². The number of nitrogens with zero attached hydrogens (tertiary/aromatic N) is 2. The Morgan fingerprint density at radius 1 is 0.947 bits per heavy atom. The number of nitriles is 2. The Morgan fingerprint density at radius 3 is 2.00 bits per heavy atom. The first-order valence-corrected chi connectivity index (χ1v) is 6.07. The molecule has 19 heavy (non-hydrogen) atoms. The maximum Gasteiger partial charge on any atom is 0.101 e. The molecule has 0 bridgehead atoms. The quantitative estimate of drug-likeness (QED) is 0.898. The highest BCUT2D eigenvalue weighted by Crippen LogP contribution is 2.24. The normalized spacial score (nSPS) is 9.42. The summed E-state index contributed by atoms with van der Waals surface area (Å²) in [6.45, 7) is 2.10. The van der Waals surface area contributed by atoms with Crippen molar-refractivity contribution < 1.29 is 0 Å². The van der Waals surface area contributed by atoms with Crippen molar-refractivity contribution in [2.75, 3.05) is 5.32 Å². The zero-order valence-electron chi connectivity index (χ0n) is 10.6. The molecule has 2 aromatic carbocycles. The molecule has 3 nitrogen and oxygen atoms in total. The van der Waals surface area contributed by atoms with Crippen LogP contribution in [0.1, 0.15) is 23.6 Å². The Bertz CT molecular complexity index is 626. The van der Waals surface area contributed by atoms with Crippen LogP contribution < -0.4 is 5.32 Å². The standard InChI is InChI=1S/C16H13N3/c1-2-12-6-8-15(9-7-12)19-16-13(10-17)4-3-5-14(16)11-18/h3-9,19H,2H2,1H3. The molecule has 0 spiro atoms. The van der Waals surface area contributed by atoms with Gasteiger partial charge in [-0.05, 0) is 36.2 Å². The predicted molar refractivity (Wildman–Crippen MR) is 75.0 cm³/mol. The largest absolute Gasteiger partial charge is 0.353 e. The average Bonchev–Trinajstić information content (AvgIpc) is 2.48. The fourth-order valence-corrected chi connectivity index (χ4v) is 1.84. The van der Waals surface area contributed by atoms with Gasteiger partial charge in [0.15, 0.2) is 0 Å². The molecular weight excluding hydrogens is 234 g/mol. The van der Waals surface area contributed by atoms with E-state index in [1.165, 1.54) is 5.56 Å². The summed E-state index contributed by atoms with van der Waals surface area (Å²) in [5.74, 6) is 0. The molecule has 92 valence electrons. The van der Waals surface area contributed by atoms with E-state index in [9.17, 15) is 0 Å². The minimum absolute atomic E-state index is 0.471. The highest BCUT2D eigenvalue weighted by atomic mass is 14.9. The van der Waals surface area contributed by atoms with E-state index in [1.807, 2.05) is 24.3 Å². The number of hydrogen-bond donors (Lipinski definition) is 1. The summed E-state index contributed by atoms with van der Waals surface area (Å²) in [5, 5.41) is 21.3. The van der Waals surface area contributed by atoms with Crippen molar-refractivity contribution in [1.29, 1.82) is 10.5 Å². The smallest absolute Gasteiger partial charge is 0.101 e. The molecule has 2 rings (SSSR count). The first-order valence-electron chi connectivity index (χ1n) is 6.07. The first-order chi connectivity index (χ1) is 9.28. The number of hydrogen-bond acceptors (Lipinski definition) is 3. The lowest BCUT2D eigenvalue weighted by molar-refractivity contribution is 1.14. The van der Waals surface area contributed by atoms with E-state index in [0.717, 1.165) is 12.1 Å². The molecule has 2 aromatic rings. The van der Waals surface area contributed by atoms with Crippen molar-refractivity contribution >= 4 is 11.4 Å². The van der Waals surface area contributed by atoms with Crippen LogP contribution in [0, 0.1) is 22.7 Å². The summed E-state index contributed by atoms with van der Waals surface area (Å²) in [5.41, 5.74) is 3.63. The molecule has 0 saturated heterocycles. The molecule has 0 amide bonds. The lowest BCUT2D eigenvalue weighted by Gasteiger charge is -2.10. The molecule has 0 aromatic heterocycles. The highest BCUT2D eigenvalue weighted by molar-refractivity contribution is 5.72. The molecule has 0 aliphatic carbocycles. The van der Waals surface area contributed by atoms with Crippen LogP contribution in [-0.4, -0.2) is 0 Å². The second kappa shape index (κ2) is 5.71. The lowest BCUT2D eigenvalue weighted by atomic mass is 10.1. The second-order valence-corrected chi connectivity index (χ2v) is 4.13. The third kappa shape index (κ3) is 2.73. The van der Waals surface area contributed by atoms with Gasteiger partial charge in [-0.15, -0.1) is 0 Å². The van der Waals surface area contributed by atoms with E-state index in [4.69, 9.17) is 10.5 Å². The molecule has 1 N–H and O–H groups in total. The van der Waals surface area contributed by atoms with E-state index in [0.29, 0.717) is 16.8 Å². The van der Waals surface area contributed by atoms with Gasteiger partial charge in [0, 0.05) is 5.69 Å². The zero-order valence-corrected chi connectivity index (χ0v) is 10.6. The van der Waals surface area contributed by atoms with Gasteiger partial charge in [-0.1, -0.05) is 25.1 Å². The van der Waals surface area contributed by atoms with E-state index < -0.39 is 0 Å². The van der Waals surface area contributed by atoms with Gasteiger partial charge >= 0.3 is 0 Å². The number of nitrogens with one attached hydrogen (secondary N) is 1. The van der Waals surface area contributed by atoms with E-state index in [2.05, 4.69) is 24.4 Å². The third-order valence-corrected chi connectivity index (χ3v) is 2.94. The summed E-state index contributed by atoms with van der Waals surface area (Å²) in [7, 11) is 0. The zero-order chi connectivity index (χ0) is 13.7. The summed E-state index contributed by atoms with van der Waals surface area (Å²) in [6.07, 6.45) is 0.985. The SMILES string of the molecule is CCc1ccc(Nc2c(C#N)cccc2C#N)cc1. The summed E-state index contributed by atoms with van der Waals surface area (Å²) >= 11 is 0. The summed E-state index contributed by atoms with van der Waals surface area (Å²) in [4.78, 5) is 0. The van der Waals surface area contributed by atoms with Crippen LogP contribution in [-0.2, 0) is 6.42 Å². The first kappa shape index (κ1) is 12.7. The number of rotatable bonds is 3. The van der Waals surface area contributed by atoms with Crippen molar-refractivity contribution in [1.82, 2.24) is 0 Å². The van der Waals surface area contributed by atoms with Crippen molar-refractivity contribution in [3.05, 3.63) is 59.2 Å². The van der Waals surface area contributed by atoms with Crippen LogP contribution in [0.4, 0.5) is 11.4 Å². The van der Waals surface area contributed by atoms with Crippen LogP contribution in [0.15, 0.2) is 42.5 Å². The van der Waals surface area contributed by atoms with Gasteiger partial charge in [0.2, 0.25) is 0 Å². The van der Waals surface area contributed by atoms with Gasteiger partial charge < -0.3 is 5.32 Å². The molecule has 3 heteroatoms. The Labute approximate surface area is 112 Å². The van der Waals surface area contributed by atoms with Crippen molar-refractivity contribution in [3.63, 3.8) is 0 Å². The average molecular weight is 247 g/mol. The van der Waals surface area contributed by atoms with E-state index >= 15 is 0 Å². The molecule has 0 radical (unpaired) electrons. The topological polar surface area (TPSA) is 59.6 Å². The summed E-state index contributed by atoms with van der Waals surface area (Å²) < 4.78 is 0. The van der Waals surface area contributed by atoms with Crippen molar-refractivity contribution in [2.24, 2.45) is 0 Å². The van der Waals surface area contributed by atoms with Gasteiger partial charge in [0.05, 0.1) is 16.8 Å². The molecule has 0 aliphatic heterocycles. The Balaban J connectivity index is 2.37. The summed E-state index contributed by atoms with van der Waals surface area (Å²) in [6, 6.07) is 17.3. The number of benzene rings is 2. The molecular formula is C16H13N3. The van der Waals surface area contributed by atoms with Crippen molar-refractivity contribution in [2.45, 2.75) is 13.3 Å². The molecule has 0 heterocycles. The maximum atomic E-state index is 9.10. The fourth-order valence-electron chi connectivity index (χ4n) is 1.84. The fraction of sp³-hybridized carbons (Fsp3) is 0.125. The van der Waals surface area contributed by atoms with E-state index in [1.54, 1.807) is 18.2 Å². The van der Waals surface area contributed by atoms with Crippen LogP contribution in [0.25, 0.3) is 0 Å². The Morgan fingerprint density at radius 2 is 1.53 bits per heavy atom. The third-order valence-electron chi connectivity index (χ3n) is 2.94. The minimum atomic E-state index is 0.471. The number of para-hydroxylation sites is 1. The minimum Gasteiger partial charge on any atom is -0.353 e. The Hall–Kier alpha value is -2.78. The molecule has 0 saturated carbocycles. The van der Waals surface area contributed by atoms with E-state index in [-0.39, 0.29) is 0 Å². The number of anilines is 2. The Kier molecular flexibility index (Phi) is 3.81. The van der Waals surface area contributed by atoms with Gasteiger partial charge in [0.1, 0.15) is 12.1 Å². The maximum absolute atomic E-state index is 9.10. The van der Waals surface area contributed by atoms with Gasteiger partial charge in [0.25, 0.3) is 0 Å². The van der Waals surface area contributed by atoms with Crippen molar-refractivity contribution in [3.8, 4) is 12.1 Å². The van der Waals surface area contributed by atoms with Crippen LogP contribution in [0.2, 0.25) is 0 Å². The van der Waals surface area contributed by atoms with Gasteiger partial charge in [-0.25, -0.2) is 0 Å². The predicted octanol–water partition coefficient (Wildman–Crippen LogP) is 3.74. The number of aryl methyl sites for hydroxylation is 1. The monoisotopic (exact) mass is 247 g/mol.